The summed E-state index contributed by atoms with van der Waals surface area (Å²) in [6.45, 7) is 3.64. The summed E-state index contributed by atoms with van der Waals surface area (Å²) in [4.78, 5) is 21.2. The van der Waals surface area contributed by atoms with Crippen LogP contribution in [-0.4, -0.2) is 34.7 Å². The number of hydrogen-bond acceptors (Lipinski definition) is 7. The third kappa shape index (κ3) is 6.26. The molecule has 3 aromatic carbocycles. The molecule has 4 rings (SSSR count). The maximum atomic E-state index is 14.1. The molecule has 0 bridgehead atoms. The van der Waals surface area contributed by atoms with E-state index < -0.39 is 5.82 Å². The van der Waals surface area contributed by atoms with Gasteiger partial charge in [0.2, 0.25) is 0 Å². The lowest BCUT2D eigenvalue weighted by atomic mass is 10.1. The number of nitrogens with zero attached hydrogens (tertiary/aromatic N) is 2. The Bertz CT molecular complexity index is 1470. The van der Waals surface area contributed by atoms with Crippen molar-refractivity contribution in [1.29, 1.82) is 5.41 Å². The van der Waals surface area contributed by atoms with E-state index in [0.717, 1.165) is 11.3 Å². The summed E-state index contributed by atoms with van der Waals surface area (Å²) in [6, 6.07) is 18.8. The first-order valence-electron chi connectivity index (χ1n) is 11.7. The van der Waals surface area contributed by atoms with E-state index in [1.807, 2.05) is 44.2 Å². The molecule has 188 valence electrons. The van der Waals surface area contributed by atoms with E-state index in [1.165, 1.54) is 24.5 Å². The molecular formula is C28H27FN6O2. The second-order valence-electron chi connectivity index (χ2n) is 8.56. The fourth-order valence-corrected chi connectivity index (χ4v) is 3.68. The number of fused-ring (bicyclic) bond motifs is 1. The van der Waals surface area contributed by atoms with Crippen LogP contribution >= 0.6 is 0 Å². The second-order valence-corrected chi connectivity index (χ2v) is 8.56. The average Bonchev–Trinajstić information content (AvgIpc) is 2.88. The maximum absolute atomic E-state index is 14.1. The predicted octanol–water partition coefficient (Wildman–Crippen LogP) is 5.03. The maximum Gasteiger partial charge on any atom is 0.258 e. The zero-order chi connectivity index (χ0) is 26.4. The molecule has 0 saturated carbocycles. The molecule has 0 spiro atoms. The van der Waals surface area contributed by atoms with Gasteiger partial charge in [0.1, 0.15) is 17.4 Å². The standard InChI is InChI=1S/C28H27FN6O2/c1-17(2)32-26(36)16-37-23-5-3-4-19(12-23)27-34-25-13-21(29)8-11-24(25)28(35-27)33-22-9-6-18(7-10-22)20(14-30)15-31/h3-15,17,30H,16,31H2,1-2H3,(H,32,36)(H,33,34,35)/b20-15+,30-14?. The molecule has 0 radical (unpaired) electrons. The number of ether oxygens (including phenoxy) is 1. The van der Waals surface area contributed by atoms with Gasteiger partial charge in [0.15, 0.2) is 12.4 Å². The Kier molecular flexibility index (Phi) is 7.73. The molecule has 0 fully saturated rings. The van der Waals surface area contributed by atoms with E-state index >= 15 is 0 Å². The molecule has 0 aliphatic carbocycles. The number of hydrogen-bond donors (Lipinski definition) is 4. The minimum atomic E-state index is -0.409. The van der Waals surface area contributed by atoms with Crippen LogP contribution in [0, 0.1) is 11.2 Å². The van der Waals surface area contributed by atoms with E-state index in [9.17, 15) is 9.18 Å². The van der Waals surface area contributed by atoms with Crippen molar-refractivity contribution in [2.75, 3.05) is 11.9 Å². The Morgan fingerprint density at radius 3 is 2.59 bits per heavy atom. The number of rotatable bonds is 9. The first-order chi connectivity index (χ1) is 17.9. The Morgan fingerprint density at radius 1 is 1.11 bits per heavy atom. The number of halogens is 1. The Balaban J connectivity index is 1.66. The molecule has 1 aromatic heterocycles. The Labute approximate surface area is 213 Å². The summed E-state index contributed by atoms with van der Waals surface area (Å²) in [7, 11) is 0. The topological polar surface area (TPSA) is 126 Å². The van der Waals surface area contributed by atoms with Crippen molar-refractivity contribution >= 4 is 40.1 Å². The largest absolute Gasteiger partial charge is 0.484 e. The summed E-state index contributed by atoms with van der Waals surface area (Å²) in [5.74, 6) is 0.723. The van der Waals surface area contributed by atoms with Gasteiger partial charge in [-0.1, -0.05) is 24.3 Å². The number of aromatic nitrogens is 2. The molecule has 0 atom stereocenters. The molecular weight excluding hydrogens is 471 g/mol. The first kappa shape index (κ1) is 25.3. The van der Waals surface area contributed by atoms with Crippen molar-refractivity contribution in [2.45, 2.75) is 19.9 Å². The highest BCUT2D eigenvalue weighted by Gasteiger charge is 2.13. The third-order valence-corrected chi connectivity index (χ3v) is 5.39. The smallest absolute Gasteiger partial charge is 0.258 e. The van der Waals surface area contributed by atoms with Gasteiger partial charge in [-0.15, -0.1) is 0 Å². The zero-order valence-corrected chi connectivity index (χ0v) is 20.5. The van der Waals surface area contributed by atoms with Gasteiger partial charge in [-0.2, -0.15) is 0 Å². The van der Waals surface area contributed by atoms with E-state index in [0.29, 0.717) is 39.4 Å². The molecule has 0 saturated heterocycles. The van der Waals surface area contributed by atoms with Gasteiger partial charge in [-0.05, 0) is 55.8 Å². The van der Waals surface area contributed by atoms with Gasteiger partial charge in [0.05, 0.1) is 5.52 Å². The van der Waals surface area contributed by atoms with Gasteiger partial charge < -0.3 is 26.5 Å². The molecule has 1 amide bonds. The Hall–Kier alpha value is -4.79. The molecule has 0 unspecified atom stereocenters. The SMILES string of the molecule is CC(C)NC(=O)COc1cccc(-c2nc(Nc3ccc(/C(C=N)=C/N)cc3)c3ccc(F)cc3n2)c1. The van der Waals surface area contributed by atoms with Crippen LogP contribution in [0.25, 0.3) is 27.9 Å². The van der Waals surface area contributed by atoms with E-state index in [-0.39, 0.29) is 18.6 Å². The number of benzene rings is 3. The summed E-state index contributed by atoms with van der Waals surface area (Å²) in [6.07, 6.45) is 2.57. The number of nitrogens with two attached hydrogens (primary N) is 1. The third-order valence-electron chi connectivity index (χ3n) is 5.39. The van der Waals surface area contributed by atoms with Crippen molar-refractivity contribution in [3.8, 4) is 17.1 Å². The van der Waals surface area contributed by atoms with Crippen molar-refractivity contribution in [2.24, 2.45) is 5.73 Å². The van der Waals surface area contributed by atoms with Crippen molar-refractivity contribution in [1.82, 2.24) is 15.3 Å². The number of amides is 1. The van der Waals surface area contributed by atoms with E-state index in [1.54, 1.807) is 24.3 Å². The summed E-state index contributed by atoms with van der Waals surface area (Å²) in [5.41, 5.74) is 8.81. The van der Waals surface area contributed by atoms with Crippen LogP contribution in [0.5, 0.6) is 5.75 Å². The quantitative estimate of drug-likeness (QED) is 0.240. The van der Waals surface area contributed by atoms with Crippen molar-refractivity contribution < 1.29 is 13.9 Å². The van der Waals surface area contributed by atoms with E-state index in [4.69, 9.17) is 20.9 Å². The number of allylic oxidation sites excluding steroid dienone is 1. The number of carbonyl (C=O) groups is 1. The normalized spacial score (nSPS) is 11.4. The molecule has 8 nitrogen and oxygen atoms in total. The molecule has 1 heterocycles. The van der Waals surface area contributed by atoms with Crippen LogP contribution in [0.1, 0.15) is 19.4 Å². The minimum absolute atomic E-state index is 0.0196. The van der Waals surface area contributed by atoms with Crippen molar-refractivity contribution in [3.63, 3.8) is 0 Å². The highest BCUT2D eigenvalue weighted by atomic mass is 19.1. The van der Waals surface area contributed by atoms with Gasteiger partial charge in [0, 0.05) is 46.7 Å². The molecule has 37 heavy (non-hydrogen) atoms. The predicted molar refractivity (Wildman–Crippen MR) is 144 cm³/mol. The van der Waals surface area contributed by atoms with Gasteiger partial charge in [-0.25, -0.2) is 14.4 Å². The summed E-state index contributed by atoms with van der Waals surface area (Å²) in [5, 5.41) is 14.2. The van der Waals surface area contributed by atoms with Gasteiger partial charge in [-0.3, -0.25) is 4.79 Å². The lowest BCUT2D eigenvalue weighted by Gasteiger charge is -2.13. The highest BCUT2D eigenvalue weighted by Crippen LogP contribution is 2.29. The average molecular weight is 499 g/mol. The number of carbonyl (C=O) groups excluding carboxylic acids is 1. The van der Waals surface area contributed by atoms with Crippen LogP contribution in [0.15, 0.2) is 72.9 Å². The first-order valence-corrected chi connectivity index (χ1v) is 11.7. The molecule has 5 N–H and O–H groups in total. The van der Waals surface area contributed by atoms with Crippen molar-refractivity contribution in [3.05, 3.63) is 84.3 Å². The lowest BCUT2D eigenvalue weighted by molar-refractivity contribution is -0.123. The second kappa shape index (κ2) is 11.3. The van der Waals surface area contributed by atoms with Crippen LogP contribution in [-0.2, 0) is 4.79 Å². The van der Waals surface area contributed by atoms with Crippen LogP contribution in [0.3, 0.4) is 0 Å². The van der Waals surface area contributed by atoms with Gasteiger partial charge >= 0.3 is 0 Å². The fraction of sp³-hybridized carbons (Fsp3) is 0.143. The lowest BCUT2D eigenvalue weighted by Crippen LogP contribution is -2.34. The van der Waals surface area contributed by atoms with Crippen LogP contribution < -0.4 is 21.1 Å². The van der Waals surface area contributed by atoms with Crippen LogP contribution in [0.2, 0.25) is 0 Å². The zero-order valence-electron chi connectivity index (χ0n) is 20.5. The fourth-order valence-electron chi connectivity index (χ4n) is 3.68. The number of nitrogens with one attached hydrogen (secondary N) is 3. The van der Waals surface area contributed by atoms with E-state index in [2.05, 4.69) is 15.6 Å². The van der Waals surface area contributed by atoms with Crippen LogP contribution in [0.4, 0.5) is 15.9 Å². The van der Waals surface area contributed by atoms with Gasteiger partial charge in [0.25, 0.3) is 5.91 Å². The highest BCUT2D eigenvalue weighted by molar-refractivity contribution is 6.08. The molecule has 9 heteroatoms. The monoisotopic (exact) mass is 498 g/mol. The molecule has 4 aromatic rings. The minimum Gasteiger partial charge on any atom is -0.484 e. The number of anilines is 2. The Morgan fingerprint density at radius 2 is 1.89 bits per heavy atom. The molecule has 0 aliphatic heterocycles. The summed E-state index contributed by atoms with van der Waals surface area (Å²) >= 11 is 0. The summed E-state index contributed by atoms with van der Waals surface area (Å²) < 4.78 is 19.7. The molecule has 0 aliphatic rings.